The third-order valence-corrected chi connectivity index (χ3v) is 4.44. The van der Waals surface area contributed by atoms with Crippen LogP contribution in [0.4, 0.5) is 5.69 Å². The molecule has 2 N–H and O–H groups in total. The second-order valence-electron chi connectivity index (χ2n) is 4.36. The van der Waals surface area contributed by atoms with Gasteiger partial charge in [-0.2, -0.15) is 0 Å². The molecule has 2 rings (SSSR count). The van der Waals surface area contributed by atoms with Gasteiger partial charge in [-0.15, -0.1) is 11.3 Å². The summed E-state index contributed by atoms with van der Waals surface area (Å²) in [5.41, 5.74) is 7.29. The lowest BCUT2D eigenvalue weighted by molar-refractivity contribution is 0.274. The monoisotopic (exact) mass is 314 g/mol. The molecule has 1 aromatic heterocycles. The van der Waals surface area contributed by atoms with E-state index in [1.807, 2.05) is 12.1 Å². The Balaban J connectivity index is 2.10. The molecule has 0 aliphatic carbocycles. The van der Waals surface area contributed by atoms with Gasteiger partial charge in [0.25, 0.3) is 0 Å². The summed E-state index contributed by atoms with van der Waals surface area (Å²) in [7, 11) is 0. The number of nitrogens with zero attached hydrogens (tertiary/aromatic N) is 1. The summed E-state index contributed by atoms with van der Waals surface area (Å²) in [4.78, 5) is 3.69. The Morgan fingerprint density at radius 3 is 2.42 bits per heavy atom. The Labute approximate surface area is 127 Å². The van der Waals surface area contributed by atoms with Crippen LogP contribution in [0.1, 0.15) is 17.4 Å². The van der Waals surface area contributed by atoms with E-state index in [2.05, 4.69) is 29.3 Å². The Morgan fingerprint density at radius 1 is 1.21 bits per heavy atom. The lowest BCUT2D eigenvalue weighted by atomic mass is 10.2. The fraction of sp³-hybridized carbons (Fsp3) is 0.286. The minimum Gasteiger partial charge on any atom is -0.396 e. The van der Waals surface area contributed by atoms with E-state index in [9.17, 15) is 0 Å². The molecule has 0 atom stereocenters. The highest BCUT2D eigenvalue weighted by Gasteiger charge is 2.09. The smallest absolute Gasteiger partial charge is 0.0693 e. The van der Waals surface area contributed by atoms with E-state index >= 15 is 0 Å². The van der Waals surface area contributed by atoms with Gasteiger partial charge in [0.1, 0.15) is 0 Å². The van der Waals surface area contributed by atoms with Gasteiger partial charge in [-0.3, -0.25) is 4.90 Å². The SMILES string of the molecule is CCN(Cc1cc(Cl)c(N)c(Cl)c1)Cc1cccs1. The van der Waals surface area contributed by atoms with E-state index in [1.165, 1.54) is 4.88 Å². The van der Waals surface area contributed by atoms with Gasteiger partial charge in [-0.05, 0) is 35.7 Å². The van der Waals surface area contributed by atoms with E-state index in [4.69, 9.17) is 28.9 Å². The summed E-state index contributed by atoms with van der Waals surface area (Å²) in [5.74, 6) is 0. The van der Waals surface area contributed by atoms with Crippen molar-refractivity contribution in [2.45, 2.75) is 20.0 Å². The molecule has 0 unspecified atom stereocenters. The minimum atomic E-state index is 0.452. The zero-order valence-electron chi connectivity index (χ0n) is 10.7. The summed E-state index contributed by atoms with van der Waals surface area (Å²) in [6, 6.07) is 8.00. The van der Waals surface area contributed by atoms with Crippen LogP contribution in [0.25, 0.3) is 0 Å². The molecule has 19 heavy (non-hydrogen) atoms. The van der Waals surface area contributed by atoms with Crippen molar-refractivity contribution in [3.05, 3.63) is 50.1 Å². The first kappa shape index (κ1) is 14.7. The molecule has 0 bridgehead atoms. The number of thiophene rings is 1. The Kier molecular flexibility index (Phi) is 5.11. The maximum Gasteiger partial charge on any atom is 0.0693 e. The molecule has 0 fully saturated rings. The fourth-order valence-corrected chi connectivity index (χ4v) is 3.17. The van der Waals surface area contributed by atoms with Crippen LogP contribution in [0.3, 0.4) is 0 Å². The Morgan fingerprint density at radius 2 is 1.89 bits per heavy atom. The predicted molar refractivity (Wildman–Crippen MR) is 85.0 cm³/mol. The molecule has 0 spiro atoms. The molecular weight excluding hydrogens is 299 g/mol. The molecule has 1 aromatic carbocycles. The van der Waals surface area contributed by atoms with Crippen LogP contribution in [-0.2, 0) is 13.1 Å². The molecule has 0 aliphatic rings. The van der Waals surface area contributed by atoms with E-state index in [-0.39, 0.29) is 0 Å². The summed E-state index contributed by atoms with van der Waals surface area (Å²) in [6.07, 6.45) is 0. The summed E-state index contributed by atoms with van der Waals surface area (Å²) >= 11 is 13.9. The molecule has 2 aromatic rings. The number of hydrogen-bond acceptors (Lipinski definition) is 3. The lowest BCUT2D eigenvalue weighted by Crippen LogP contribution is -2.21. The Hall–Kier alpha value is -0.740. The van der Waals surface area contributed by atoms with Crippen molar-refractivity contribution in [2.24, 2.45) is 0 Å². The first-order chi connectivity index (χ1) is 9.10. The van der Waals surface area contributed by atoms with E-state index in [0.29, 0.717) is 15.7 Å². The second kappa shape index (κ2) is 6.62. The van der Waals surface area contributed by atoms with Crippen LogP contribution in [0, 0.1) is 0 Å². The number of nitrogen functional groups attached to an aromatic ring is 1. The van der Waals surface area contributed by atoms with Crippen molar-refractivity contribution in [1.82, 2.24) is 4.90 Å². The van der Waals surface area contributed by atoms with Gasteiger partial charge >= 0.3 is 0 Å². The van der Waals surface area contributed by atoms with Gasteiger partial charge in [0.2, 0.25) is 0 Å². The molecule has 2 nitrogen and oxygen atoms in total. The lowest BCUT2D eigenvalue weighted by Gasteiger charge is -2.20. The van der Waals surface area contributed by atoms with Crippen molar-refractivity contribution in [3.63, 3.8) is 0 Å². The molecule has 0 saturated heterocycles. The quantitative estimate of drug-likeness (QED) is 0.813. The molecule has 0 amide bonds. The van der Waals surface area contributed by atoms with Gasteiger partial charge < -0.3 is 5.73 Å². The first-order valence-electron chi connectivity index (χ1n) is 6.08. The number of rotatable bonds is 5. The fourth-order valence-electron chi connectivity index (χ4n) is 1.89. The number of halogens is 2. The van der Waals surface area contributed by atoms with Crippen molar-refractivity contribution >= 4 is 40.2 Å². The van der Waals surface area contributed by atoms with E-state index < -0.39 is 0 Å². The largest absolute Gasteiger partial charge is 0.396 e. The van der Waals surface area contributed by atoms with Gasteiger partial charge in [-0.1, -0.05) is 36.2 Å². The number of anilines is 1. The minimum absolute atomic E-state index is 0.452. The topological polar surface area (TPSA) is 29.3 Å². The highest BCUT2D eigenvalue weighted by molar-refractivity contribution is 7.09. The van der Waals surface area contributed by atoms with Gasteiger partial charge in [-0.25, -0.2) is 0 Å². The molecule has 5 heteroatoms. The van der Waals surface area contributed by atoms with Crippen LogP contribution in [0.15, 0.2) is 29.6 Å². The normalized spacial score (nSPS) is 11.2. The van der Waals surface area contributed by atoms with Crippen molar-refractivity contribution in [1.29, 1.82) is 0 Å². The molecule has 0 saturated carbocycles. The third-order valence-electron chi connectivity index (χ3n) is 2.95. The summed E-state index contributed by atoms with van der Waals surface area (Å²) in [6.45, 7) is 4.87. The van der Waals surface area contributed by atoms with Gasteiger partial charge in [0.15, 0.2) is 0 Å². The Bertz CT molecular complexity index is 517. The van der Waals surface area contributed by atoms with E-state index in [1.54, 1.807) is 11.3 Å². The predicted octanol–water partition coefficient (Wildman–Crippen LogP) is 4.66. The first-order valence-corrected chi connectivity index (χ1v) is 7.71. The summed E-state index contributed by atoms with van der Waals surface area (Å²) < 4.78 is 0. The number of benzene rings is 1. The summed E-state index contributed by atoms with van der Waals surface area (Å²) in [5, 5.41) is 3.14. The van der Waals surface area contributed by atoms with Crippen LogP contribution >= 0.6 is 34.5 Å². The average molecular weight is 315 g/mol. The van der Waals surface area contributed by atoms with Gasteiger partial charge in [0, 0.05) is 18.0 Å². The van der Waals surface area contributed by atoms with Crippen molar-refractivity contribution in [2.75, 3.05) is 12.3 Å². The van der Waals surface area contributed by atoms with Gasteiger partial charge in [0.05, 0.1) is 15.7 Å². The maximum absolute atomic E-state index is 6.06. The molecule has 0 aliphatic heterocycles. The van der Waals surface area contributed by atoms with Crippen LogP contribution in [0.2, 0.25) is 10.0 Å². The zero-order valence-corrected chi connectivity index (χ0v) is 13.0. The van der Waals surface area contributed by atoms with Crippen LogP contribution < -0.4 is 5.73 Å². The highest BCUT2D eigenvalue weighted by Crippen LogP contribution is 2.29. The maximum atomic E-state index is 6.06. The van der Waals surface area contributed by atoms with Crippen LogP contribution in [0.5, 0.6) is 0 Å². The standard InChI is InChI=1S/C14H16Cl2N2S/c1-2-18(9-11-4-3-5-19-11)8-10-6-12(15)14(17)13(16)7-10/h3-7H,2,8-9,17H2,1H3. The molecule has 0 radical (unpaired) electrons. The van der Waals surface area contributed by atoms with Crippen molar-refractivity contribution < 1.29 is 0 Å². The van der Waals surface area contributed by atoms with E-state index in [0.717, 1.165) is 25.2 Å². The number of nitrogens with two attached hydrogens (primary N) is 1. The zero-order chi connectivity index (χ0) is 13.8. The average Bonchev–Trinajstić information content (AvgIpc) is 2.88. The third kappa shape index (κ3) is 3.86. The van der Waals surface area contributed by atoms with Crippen LogP contribution in [-0.4, -0.2) is 11.4 Å². The second-order valence-corrected chi connectivity index (χ2v) is 6.20. The molecule has 1 heterocycles. The molecular formula is C14H16Cl2N2S. The highest BCUT2D eigenvalue weighted by atomic mass is 35.5. The molecule has 102 valence electrons. The number of hydrogen-bond donors (Lipinski definition) is 1. The van der Waals surface area contributed by atoms with Crippen molar-refractivity contribution in [3.8, 4) is 0 Å².